The number of rotatable bonds is 5. The van der Waals surface area contributed by atoms with E-state index in [1.807, 2.05) is 18.2 Å². The van der Waals surface area contributed by atoms with Gasteiger partial charge in [0.25, 0.3) is 0 Å². The Bertz CT molecular complexity index is 394. The van der Waals surface area contributed by atoms with E-state index in [-0.39, 0.29) is 6.29 Å². The number of hydrogen-bond acceptors (Lipinski definition) is 3. The molecule has 2 N–H and O–H groups in total. The third kappa shape index (κ3) is 5.62. The van der Waals surface area contributed by atoms with Gasteiger partial charge in [0.05, 0.1) is 6.54 Å². The molecule has 0 amide bonds. The molecule has 0 radical (unpaired) electrons. The summed E-state index contributed by atoms with van der Waals surface area (Å²) in [5.74, 6) is 0. The molecular formula is C11H14Br2N2O2S. The second-order valence-corrected chi connectivity index (χ2v) is 5.63. The van der Waals surface area contributed by atoms with Crippen LogP contribution in [-0.2, 0) is 9.47 Å². The van der Waals surface area contributed by atoms with Gasteiger partial charge in [0.2, 0.25) is 0 Å². The number of thiocarbonyl (C=S) groups is 1. The Balaban J connectivity index is 2.49. The lowest BCUT2D eigenvalue weighted by Gasteiger charge is -2.16. The minimum atomic E-state index is -0.320. The molecule has 0 heterocycles. The second-order valence-electron chi connectivity index (χ2n) is 3.39. The number of ether oxygens (including phenoxy) is 2. The monoisotopic (exact) mass is 396 g/mol. The molecule has 18 heavy (non-hydrogen) atoms. The maximum atomic E-state index is 5.17. The summed E-state index contributed by atoms with van der Waals surface area (Å²) < 4.78 is 12.0. The fourth-order valence-corrected chi connectivity index (χ4v) is 2.74. The maximum Gasteiger partial charge on any atom is 0.174 e. The molecule has 0 saturated heterocycles. The lowest BCUT2D eigenvalue weighted by Crippen LogP contribution is -2.36. The van der Waals surface area contributed by atoms with Crippen LogP contribution in [-0.4, -0.2) is 32.2 Å². The molecule has 0 saturated carbocycles. The van der Waals surface area contributed by atoms with E-state index >= 15 is 0 Å². The average molecular weight is 398 g/mol. The summed E-state index contributed by atoms with van der Waals surface area (Å²) in [6, 6.07) is 5.82. The van der Waals surface area contributed by atoms with Crippen molar-refractivity contribution in [3.8, 4) is 0 Å². The molecular weight excluding hydrogens is 384 g/mol. The fraction of sp³-hybridized carbons (Fsp3) is 0.364. The Kier molecular flexibility index (Phi) is 7.10. The largest absolute Gasteiger partial charge is 0.357 e. The van der Waals surface area contributed by atoms with E-state index in [0.29, 0.717) is 11.7 Å². The summed E-state index contributed by atoms with van der Waals surface area (Å²) >= 11 is 12.0. The van der Waals surface area contributed by atoms with Gasteiger partial charge >= 0.3 is 0 Å². The highest BCUT2D eigenvalue weighted by atomic mass is 79.9. The molecule has 0 fully saturated rings. The zero-order chi connectivity index (χ0) is 13.5. The molecule has 1 aromatic rings. The Morgan fingerprint density at radius 1 is 1.22 bits per heavy atom. The molecule has 0 aliphatic heterocycles. The number of halogens is 2. The van der Waals surface area contributed by atoms with E-state index in [2.05, 4.69) is 42.5 Å². The van der Waals surface area contributed by atoms with E-state index in [4.69, 9.17) is 21.7 Å². The Morgan fingerprint density at radius 2 is 1.78 bits per heavy atom. The summed E-state index contributed by atoms with van der Waals surface area (Å²) in [5.41, 5.74) is 0.889. The van der Waals surface area contributed by atoms with Crippen LogP contribution in [0.15, 0.2) is 27.1 Å². The molecule has 0 aliphatic carbocycles. The molecule has 1 aromatic carbocycles. The SMILES string of the molecule is COC(CNC(=S)Nc1cc(Br)cc(Br)c1)OC. The van der Waals surface area contributed by atoms with Gasteiger partial charge in [-0.25, -0.2) is 0 Å². The van der Waals surface area contributed by atoms with Crippen LogP contribution in [0.5, 0.6) is 0 Å². The van der Waals surface area contributed by atoms with Gasteiger partial charge in [0.1, 0.15) is 0 Å². The highest BCUT2D eigenvalue weighted by Gasteiger charge is 2.06. The van der Waals surface area contributed by atoms with E-state index < -0.39 is 0 Å². The van der Waals surface area contributed by atoms with Crippen molar-refractivity contribution < 1.29 is 9.47 Å². The van der Waals surface area contributed by atoms with Crippen molar-refractivity contribution in [3.63, 3.8) is 0 Å². The third-order valence-corrected chi connectivity index (χ3v) is 3.24. The van der Waals surface area contributed by atoms with E-state index in [1.165, 1.54) is 0 Å². The summed E-state index contributed by atoms with van der Waals surface area (Å²) in [6.07, 6.45) is -0.320. The van der Waals surface area contributed by atoms with Crippen molar-refractivity contribution in [2.45, 2.75) is 6.29 Å². The summed E-state index contributed by atoms with van der Waals surface area (Å²) in [5, 5.41) is 6.60. The van der Waals surface area contributed by atoms with Crippen molar-refractivity contribution in [2.75, 3.05) is 26.1 Å². The molecule has 0 unspecified atom stereocenters. The number of benzene rings is 1. The maximum absolute atomic E-state index is 5.17. The highest BCUT2D eigenvalue weighted by Crippen LogP contribution is 2.23. The minimum Gasteiger partial charge on any atom is -0.357 e. The normalized spacial score (nSPS) is 10.5. The summed E-state index contributed by atoms with van der Waals surface area (Å²) in [4.78, 5) is 0. The number of methoxy groups -OCH3 is 2. The van der Waals surface area contributed by atoms with E-state index in [9.17, 15) is 0 Å². The van der Waals surface area contributed by atoms with Crippen molar-refractivity contribution >= 4 is 54.9 Å². The predicted octanol–water partition coefficient (Wildman–Crippen LogP) is 3.12. The van der Waals surface area contributed by atoms with Crippen molar-refractivity contribution in [2.24, 2.45) is 0 Å². The van der Waals surface area contributed by atoms with Crippen molar-refractivity contribution in [1.29, 1.82) is 0 Å². The van der Waals surface area contributed by atoms with Gasteiger partial charge in [-0.1, -0.05) is 31.9 Å². The molecule has 0 atom stereocenters. The fourth-order valence-electron chi connectivity index (χ4n) is 1.24. The molecule has 0 spiro atoms. The zero-order valence-corrected chi connectivity index (χ0v) is 14.0. The van der Waals surface area contributed by atoms with Gasteiger partial charge in [-0.3, -0.25) is 0 Å². The minimum absolute atomic E-state index is 0.320. The van der Waals surface area contributed by atoms with Crippen molar-refractivity contribution in [3.05, 3.63) is 27.1 Å². The van der Waals surface area contributed by atoms with Crippen LogP contribution in [0.2, 0.25) is 0 Å². The molecule has 0 aliphatic rings. The van der Waals surface area contributed by atoms with Crippen LogP contribution >= 0.6 is 44.1 Å². The third-order valence-electron chi connectivity index (χ3n) is 2.08. The summed E-state index contributed by atoms with van der Waals surface area (Å²) in [6.45, 7) is 0.480. The molecule has 4 nitrogen and oxygen atoms in total. The number of anilines is 1. The van der Waals surface area contributed by atoms with Gasteiger partial charge in [0, 0.05) is 28.9 Å². The van der Waals surface area contributed by atoms with Crippen LogP contribution in [0, 0.1) is 0 Å². The smallest absolute Gasteiger partial charge is 0.174 e. The lowest BCUT2D eigenvalue weighted by molar-refractivity contribution is -0.0964. The van der Waals surface area contributed by atoms with Gasteiger partial charge in [-0.05, 0) is 30.4 Å². The number of hydrogen-bond donors (Lipinski definition) is 2. The standard InChI is InChI=1S/C11H14Br2N2O2S/c1-16-10(17-2)6-14-11(18)15-9-4-7(12)3-8(13)5-9/h3-5,10H,6H2,1-2H3,(H2,14,15,18). The van der Waals surface area contributed by atoms with Crippen LogP contribution in [0.1, 0.15) is 0 Å². The molecule has 100 valence electrons. The first-order valence-electron chi connectivity index (χ1n) is 5.11. The molecule has 0 aromatic heterocycles. The van der Waals surface area contributed by atoms with Crippen LogP contribution in [0.25, 0.3) is 0 Å². The van der Waals surface area contributed by atoms with Gasteiger partial charge in [-0.2, -0.15) is 0 Å². The van der Waals surface area contributed by atoms with Crippen LogP contribution in [0.4, 0.5) is 5.69 Å². The second kappa shape index (κ2) is 8.06. The first-order valence-corrected chi connectivity index (χ1v) is 7.11. The first kappa shape index (κ1) is 15.8. The van der Waals surface area contributed by atoms with Gasteiger partial charge < -0.3 is 20.1 Å². The predicted molar refractivity (Wildman–Crippen MR) is 83.9 cm³/mol. The zero-order valence-electron chi connectivity index (χ0n) is 10.00. The molecule has 0 bridgehead atoms. The topological polar surface area (TPSA) is 42.5 Å². The van der Waals surface area contributed by atoms with E-state index in [0.717, 1.165) is 14.6 Å². The Hall–Kier alpha value is -0.210. The first-order chi connectivity index (χ1) is 8.55. The van der Waals surface area contributed by atoms with Gasteiger partial charge in [-0.15, -0.1) is 0 Å². The lowest BCUT2D eigenvalue weighted by atomic mass is 10.3. The van der Waals surface area contributed by atoms with Crippen LogP contribution in [0.3, 0.4) is 0 Å². The number of nitrogens with one attached hydrogen (secondary N) is 2. The van der Waals surface area contributed by atoms with Crippen molar-refractivity contribution in [1.82, 2.24) is 5.32 Å². The summed E-state index contributed by atoms with van der Waals surface area (Å²) in [7, 11) is 3.16. The molecule has 7 heteroatoms. The van der Waals surface area contributed by atoms with Gasteiger partial charge in [0.15, 0.2) is 11.4 Å². The average Bonchev–Trinajstić information content (AvgIpc) is 2.28. The van der Waals surface area contributed by atoms with E-state index in [1.54, 1.807) is 14.2 Å². The highest BCUT2D eigenvalue weighted by molar-refractivity contribution is 9.11. The quantitative estimate of drug-likeness (QED) is 0.590. The van der Waals surface area contributed by atoms with Crippen LogP contribution < -0.4 is 10.6 Å². The Morgan fingerprint density at radius 3 is 2.28 bits per heavy atom. The Labute approximate surface area is 129 Å². The molecule has 1 rings (SSSR count).